The van der Waals surface area contributed by atoms with Gasteiger partial charge in [-0.2, -0.15) is 0 Å². The Kier molecular flexibility index (Phi) is 4.32. The maximum absolute atomic E-state index is 13.2. The molecule has 1 N–H and O–H groups in total. The summed E-state index contributed by atoms with van der Waals surface area (Å²) in [6.07, 6.45) is 3.81. The van der Waals surface area contributed by atoms with Gasteiger partial charge in [-0.1, -0.05) is 13.8 Å². The monoisotopic (exact) mass is 261 g/mol. The number of benzene rings is 1. The quantitative estimate of drug-likeness (QED) is 0.896. The van der Waals surface area contributed by atoms with E-state index in [9.17, 15) is 4.39 Å². The summed E-state index contributed by atoms with van der Waals surface area (Å²) in [5, 5.41) is 3.36. The third kappa shape index (κ3) is 3.64. The molecule has 1 heterocycles. The normalized spacial score (nSPS) is 11.2. The fraction of sp³-hybridized carbons (Fsp3) is 0.400. The summed E-state index contributed by atoms with van der Waals surface area (Å²) in [5.41, 5.74) is 2.48. The van der Waals surface area contributed by atoms with Crippen LogP contribution in [0.25, 0.3) is 11.3 Å². The Morgan fingerprint density at radius 1 is 1.37 bits per heavy atom. The SMILES string of the molecule is Cc1cc(-c2cn(CCNC(C)C)cn2)ccc1F. The van der Waals surface area contributed by atoms with Crippen LogP contribution in [0.1, 0.15) is 19.4 Å². The highest BCUT2D eigenvalue weighted by molar-refractivity contribution is 5.59. The molecule has 2 aromatic rings. The molecule has 0 saturated carbocycles. The molecular formula is C15H20FN3. The van der Waals surface area contributed by atoms with Crippen LogP contribution in [0.15, 0.2) is 30.7 Å². The minimum absolute atomic E-state index is 0.177. The first kappa shape index (κ1) is 13.7. The van der Waals surface area contributed by atoms with E-state index in [4.69, 9.17) is 0 Å². The first-order valence-electron chi connectivity index (χ1n) is 6.58. The summed E-state index contributed by atoms with van der Waals surface area (Å²) < 4.78 is 15.3. The average molecular weight is 261 g/mol. The molecular weight excluding hydrogens is 241 g/mol. The topological polar surface area (TPSA) is 29.9 Å². The van der Waals surface area contributed by atoms with Gasteiger partial charge in [-0.05, 0) is 30.7 Å². The second kappa shape index (κ2) is 5.97. The molecule has 0 radical (unpaired) electrons. The van der Waals surface area contributed by atoms with E-state index >= 15 is 0 Å². The lowest BCUT2D eigenvalue weighted by Gasteiger charge is -2.07. The lowest BCUT2D eigenvalue weighted by atomic mass is 10.1. The van der Waals surface area contributed by atoms with E-state index in [1.807, 2.05) is 23.2 Å². The Morgan fingerprint density at radius 3 is 2.84 bits per heavy atom. The van der Waals surface area contributed by atoms with Gasteiger partial charge in [0, 0.05) is 30.9 Å². The third-order valence-electron chi connectivity index (χ3n) is 3.01. The summed E-state index contributed by atoms with van der Waals surface area (Å²) in [7, 11) is 0. The molecule has 0 unspecified atom stereocenters. The number of aryl methyl sites for hydroxylation is 1. The summed E-state index contributed by atoms with van der Waals surface area (Å²) in [4.78, 5) is 4.37. The molecule has 0 aliphatic carbocycles. The first-order valence-corrected chi connectivity index (χ1v) is 6.58. The maximum atomic E-state index is 13.2. The van der Waals surface area contributed by atoms with Crippen molar-refractivity contribution in [2.45, 2.75) is 33.4 Å². The summed E-state index contributed by atoms with van der Waals surface area (Å²) in [6, 6.07) is 5.57. The fourth-order valence-corrected chi connectivity index (χ4v) is 1.92. The maximum Gasteiger partial charge on any atom is 0.126 e. The number of halogens is 1. The molecule has 0 aliphatic rings. The molecule has 0 bridgehead atoms. The van der Waals surface area contributed by atoms with Crippen LogP contribution in [-0.2, 0) is 6.54 Å². The van der Waals surface area contributed by atoms with Crippen LogP contribution in [-0.4, -0.2) is 22.1 Å². The van der Waals surface area contributed by atoms with Crippen molar-refractivity contribution in [1.82, 2.24) is 14.9 Å². The molecule has 0 fully saturated rings. The summed E-state index contributed by atoms with van der Waals surface area (Å²) in [6.45, 7) is 7.81. The summed E-state index contributed by atoms with van der Waals surface area (Å²) in [5.74, 6) is -0.177. The minimum Gasteiger partial charge on any atom is -0.336 e. The number of hydrogen-bond donors (Lipinski definition) is 1. The van der Waals surface area contributed by atoms with Crippen LogP contribution in [0.2, 0.25) is 0 Å². The molecule has 4 heteroatoms. The Bertz CT molecular complexity index is 546. The zero-order valence-electron chi connectivity index (χ0n) is 11.7. The standard InChI is InChI=1S/C15H20FN3/c1-11(2)17-6-7-19-9-15(18-10-19)13-4-5-14(16)12(3)8-13/h4-5,8-11,17H,6-7H2,1-3H3. The van der Waals surface area contributed by atoms with Crippen molar-refractivity contribution in [3.05, 3.63) is 42.1 Å². The van der Waals surface area contributed by atoms with Crippen molar-refractivity contribution in [2.24, 2.45) is 0 Å². The third-order valence-corrected chi connectivity index (χ3v) is 3.01. The van der Waals surface area contributed by atoms with Crippen LogP contribution in [0.5, 0.6) is 0 Å². The van der Waals surface area contributed by atoms with E-state index in [-0.39, 0.29) is 5.82 Å². The smallest absolute Gasteiger partial charge is 0.126 e. The molecule has 102 valence electrons. The van der Waals surface area contributed by atoms with Gasteiger partial charge in [0.2, 0.25) is 0 Å². The Hall–Kier alpha value is -1.68. The number of aromatic nitrogens is 2. The van der Waals surface area contributed by atoms with E-state index in [0.717, 1.165) is 24.3 Å². The minimum atomic E-state index is -0.177. The molecule has 0 aliphatic heterocycles. The van der Waals surface area contributed by atoms with E-state index in [0.29, 0.717) is 11.6 Å². The summed E-state index contributed by atoms with van der Waals surface area (Å²) >= 11 is 0. The van der Waals surface area contributed by atoms with E-state index < -0.39 is 0 Å². The van der Waals surface area contributed by atoms with Crippen molar-refractivity contribution >= 4 is 0 Å². The van der Waals surface area contributed by atoms with Crippen molar-refractivity contribution in [2.75, 3.05) is 6.54 Å². The molecule has 3 nitrogen and oxygen atoms in total. The average Bonchev–Trinajstić information content (AvgIpc) is 2.81. The second-order valence-corrected chi connectivity index (χ2v) is 5.07. The first-order chi connectivity index (χ1) is 9.06. The number of hydrogen-bond acceptors (Lipinski definition) is 2. The molecule has 0 atom stereocenters. The molecule has 0 amide bonds. The molecule has 0 saturated heterocycles. The van der Waals surface area contributed by atoms with Gasteiger partial charge in [0.15, 0.2) is 0 Å². The molecule has 19 heavy (non-hydrogen) atoms. The van der Waals surface area contributed by atoms with Crippen LogP contribution < -0.4 is 5.32 Å². The molecule has 0 spiro atoms. The van der Waals surface area contributed by atoms with Gasteiger partial charge in [-0.3, -0.25) is 0 Å². The van der Waals surface area contributed by atoms with Gasteiger partial charge in [0.1, 0.15) is 5.82 Å². The van der Waals surface area contributed by atoms with Gasteiger partial charge in [-0.25, -0.2) is 9.37 Å². The lowest BCUT2D eigenvalue weighted by molar-refractivity contribution is 0.541. The highest BCUT2D eigenvalue weighted by Crippen LogP contribution is 2.19. The molecule has 1 aromatic carbocycles. The predicted molar refractivity (Wildman–Crippen MR) is 75.5 cm³/mol. The van der Waals surface area contributed by atoms with E-state index in [1.54, 1.807) is 13.0 Å². The Balaban J connectivity index is 2.05. The number of nitrogens with one attached hydrogen (secondary N) is 1. The van der Waals surface area contributed by atoms with Gasteiger partial charge in [0.05, 0.1) is 12.0 Å². The Morgan fingerprint density at radius 2 is 2.16 bits per heavy atom. The van der Waals surface area contributed by atoms with Gasteiger partial charge in [0.25, 0.3) is 0 Å². The zero-order valence-corrected chi connectivity index (χ0v) is 11.7. The highest BCUT2D eigenvalue weighted by atomic mass is 19.1. The molecule has 1 aromatic heterocycles. The van der Waals surface area contributed by atoms with Crippen molar-refractivity contribution in [1.29, 1.82) is 0 Å². The fourth-order valence-electron chi connectivity index (χ4n) is 1.92. The van der Waals surface area contributed by atoms with Crippen molar-refractivity contribution < 1.29 is 4.39 Å². The van der Waals surface area contributed by atoms with Gasteiger partial charge in [-0.15, -0.1) is 0 Å². The van der Waals surface area contributed by atoms with Crippen molar-refractivity contribution in [3.8, 4) is 11.3 Å². The van der Waals surface area contributed by atoms with E-state index in [1.165, 1.54) is 6.07 Å². The number of imidazole rings is 1. The van der Waals surface area contributed by atoms with Crippen LogP contribution in [0.3, 0.4) is 0 Å². The van der Waals surface area contributed by atoms with Gasteiger partial charge < -0.3 is 9.88 Å². The van der Waals surface area contributed by atoms with Crippen LogP contribution in [0.4, 0.5) is 4.39 Å². The molecule has 2 rings (SSSR count). The highest BCUT2D eigenvalue weighted by Gasteiger charge is 2.05. The van der Waals surface area contributed by atoms with Gasteiger partial charge >= 0.3 is 0 Å². The van der Waals surface area contributed by atoms with Crippen molar-refractivity contribution in [3.63, 3.8) is 0 Å². The number of nitrogens with zero attached hydrogens (tertiary/aromatic N) is 2. The Labute approximate surface area is 113 Å². The largest absolute Gasteiger partial charge is 0.336 e. The lowest BCUT2D eigenvalue weighted by Crippen LogP contribution is -2.26. The second-order valence-electron chi connectivity index (χ2n) is 5.07. The van der Waals surface area contributed by atoms with Crippen LogP contribution in [0, 0.1) is 12.7 Å². The number of rotatable bonds is 5. The van der Waals surface area contributed by atoms with Crippen LogP contribution >= 0.6 is 0 Å². The predicted octanol–water partition coefficient (Wildman–Crippen LogP) is 3.00. The zero-order chi connectivity index (χ0) is 13.8. The van der Waals surface area contributed by atoms with E-state index in [2.05, 4.69) is 24.1 Å².